The average Bonchev–Trinajstić information content (AvgIpc) is 2.51. The third-order valence-corrected chi connectivity index (χ3v) is 3.45. The fourth-order valence-corrected chi connectivity index (χ4v) is 2.45. The Labute approximate surface area is 93.9 Å². The Morgan fingerprint density at radius 2 is 2.06 bits per heavy atom. The Bertz CT molecular complexity index is 545. The van der Waals surface area contributed by atoms with Crippen molar-refractivity contribution >= 4 is 12.0 Å². The molecule has 1 amide bonds. The van der Waals surface area contributed by atoms with Gasteiger partial charge in [0.25, 0.3) is 5.91 Å². The SMILES string of the molecule is CC12C(N)=CC(=O)N1C=Cc1ccccc12. The molecule has 1 unspecified atom stereocenters. The second-order valence-electron chi connectivity index (χ2n) is 4.28. The number of carbonyl (C=O) groups excluding carboxylic acids is 1. The number of hydrogen-bond acceptors (Lipinski definition) is 2. The van der Waals surface area contributed by atoms with E-state index in [1.165, 1.54) is 6.08 Å². The van der Waals surface area contributed by atoms with E-state index in [9.17, 15) is 4.79 Å². The van der Waals surface area contributed by atoms with Crippen LogP contribution in [0.15, 0.2) is 42.2 Å². The molecule has 3 heteroatoms. The molecule has 2 aliphatic heterocycles. The molecule has 0 bridgehead atoms. The maximum atomic E-state index is 11.8. The summed E-state index contributed by atoms with van der Waals surface area (Å²) in [4.78, 5) is 13.4. The highest BCUT2D eigenvalue weighted by Gasteiger charge is 2.45. The van der Waals surface area contributed by atoms with Gasteiger partial charge >= 0.3 is 0 Å². The lowest BCUT2D eigenvalue weighted by atomic mass is 9.84. The van der Waals surface area contributed by atoms with Gasteiger partial charge < -0.3 is 5.73 Å². The van der Waals surface area contributed by atoms with Gasteiger partial charge in [0.1, 0.15) is 5.54 Å². The third kappa shape index (κ3) is 0.902. The van der Waals surface area contributed by atoms with E-state index in [0.29, 0.717) is 5.70 Å². The van der Waals surface area contributed by atoms with Gasteiger partial charge in [0.15, 0.2) is 0 Å². The molecule has 1 aromatic rings. The molecule has 1 atom stereocenters. The summed E-state index contributed by atoms with van der Waals surface area (Å²) in [7, 11) is 0. The Morgan fingerprint density at radius 3 is 2.88 bits per heavy atom. The van der Waals surface area contributed by atoms with Crippen molar-refractivity contribution in [3.8, 4) is 0 Å². The number of hydrogen-bond donors (Lipinski definition) is 1. The van der Waals surface area contributed by atoms with Crippen molar-refractivity contribution in [1.29, 1.82) is 0 Å². The predicted octanol–water partition coefficient (Wildman–Crippen LogP) is 1.57. The molecule has 2 N–H and O–H groups in total. The molecule has 0 aromatic heterocycles. The van der Waals surface area contributed by atoms with Crippen LogP contribution in [0.3, 0.4) is 0 Å². The van der Waals surface area contributed by atoms with Crippen molar-refractivity contribution in [3.05, 3.63) is 53.4 Å². The highest BCUT2D eigenvalue weighted by molar-refractivity contribution is 5.95. The summed E-state index contributed by atoms with van der Waals surface area (Å²) in [6.07, 6.45) is 5.26. The smallest absolute Gasteiger partial charge is 0.253 e. The number of fused-ring (bicyclic) bond motifs is 3. The Kier molecular flexibility index (Phi) is 1.59. The van der Waals surface area contributed by atoms with E-state index in [1.54, 1.807) is 11.1 Å². The van der Waals surface area contributed by atoms with E-state index in [-0.39, 0.29) is 5.91 Å². The standard InChI is InChI=1S/C13H12N2O/c1-13-10-5-3-2-4-9(10)6-7-15(13)12(16)8-11(13)14/h2-8H,14H2,1H3. The Balaban J connectivity index is 2.30. The number of carbonyl (C=O) groups is 1. The largest absolute Gasteiger partial charge is 0.400 e. The lowest BCUT2D eigenvalue weighted by Gasteiger charge is -2.38. The normalized spacial score (nSPS) is 26.4. The van der Waals surface area contributed by atoms with Crippen LogP contribution in [-0.2, 0) is 10.3 Å². The summed E-state index contributed by atoms with van der Waals surface area (Å²) in [5.74, 6) is -0.0502. The minimum atomic E-state index is -0.511. The highest BCUT2D eigenvalue weighted by Crippen LogP contribution is 2.42. The van der Waals surface area contributed by atoms with Gasteiger partial charge in [0, 0.05) is 18.0 Å². The van der Waals surface area contributed by atoms with E-state index in [1.807, 2.05) is 37.3 Å². The Morgan fingerprint density at radius 1 is 1.31 bits per heavy atom. The van der Waals surface area contributed by atoms with Crippen molar-refractivity contribution in [2.75, 3.05) is 0 Å². The predicted molar refractivity (Wildman–Crippen MR) is 61.9 cm³/mol. The number of amides is 1. The summed E-state index contributed by atoms with van der Waals surface area (Å²) in [6, 6.07) is 8.01. The first-order chi connectivity index (χ1) is 7.64. The van der Waals surface area contributed by atoms with E-state index in [2.05, 4.69) is 0 Å². The molecule has 0 spiro atoms. The fraction of sp³-hybridized carbons (Fsp3) is 0.154. The van der Waals surface area contributed by atoms with Crippen molar-refractivity contribution in [3.63, 3.8) is 0 Å². The highest BCUT2D eigenvalue weighted by atomic mass is 16.2. The summed E-state index contributed by atoms with van der Waals surface area (Å²) in [5, 5.41) is 0. The van der Waals surface area contributed by atoms with E-state index in [4.69, 9.17) is 5.73 Å². The topological polar surface area (TPSA) is 46.3 Å². The van der Waals surface area contributed by atoms with Crippen LogP contribution in [0.2, 0.25) is 0 Å². The average molecular weight is 212 g/mol. The van der Waals surface area contributed by atoms with Crippen LogP contribution in [0.5, 0.6) is 0 Å². The molecule has 2 heterocycles. The molecule has 0 saturated carbocycles. The van der Waals surface area contributed by atoms with Crippen LogP contribution in [-0.4, -0.2) is 10.8 Å². The monoisotopic (exact) mass is 212 g/mol. The van der Waals surface area contributed by atoms with Crippen LogP contribution in [0, 0.1) is 0 Å². The first-order valence-electron chi connectivity index (χ1n) is 5.22. The Hall–Kier alpha value is -2.03. The van der Waals surface area contributed by atoms with Gasteiger partial charge in [0.2, 0.25) is 0 Å². The molecule has 0 saturated heterocycles. The molecule has 0 radical (unpaired) electrons. The summed E-state index contributed by atoms with van der Waals surface area (Å²) >= 11 is 0. The molecule has 2 aliphatic rings. The van der Waals surface area contributed by atoms with E-state index in [0.717, 1.165) is 11.1 Å². The number of nitrogens with two attached hydrogens (primary N) is 1. The zero-order valence-corrected chi connectivity index (χ0v) is 8.97. The first-order valence-corrected chi connectivity index (χ1v) is 5.22. The number of nitrogens with zero attached hydrogens (tertiary/aromatic N) is 1. The lowest BCUT2D eigenvalue weighted by molar-refractivity contribution is -0.125. The van der Waals surface area contributed by atoms with Gasteiger partial charge in [-0.2, -0.15) is 0 Å². The van der Waals surface area contributed by atoms with Crippen molar-refractivity contribution in [2.24, 2.45) is 5.73 Å². The van der Waals surface area contributed by atoms with Crippen molar-refractivity contribution in [2.45, 2.75) is 12.5 Å². The molecular weight excluding hydrogens is 200 g/mol. The number of rotatable bonds is 0. The van der Waals surface area contributed by atoms with Gasteiger partial charge in [-0.3, -0.25) is 9.69 Å². The van der Waals surface area contributed by atoms with Crippen LogP contribution >= 0.6 is 0 Å². The van der Waals surface area contributed by atoms with E-state index < -0.39 is 5.54 Å². The molecular formula is C13H12N2O. The van der Waals surface area contributed by atoms with Gasteiger partial charge in [-0.05, 0) is 24.1 Å². The maximum Gasteiger partial charge on any atom is 0.253 e. The van der Waals surface area contributed by atoms with Crippen molar-refractivity contribution in [1.82, 2.24) is 4.90 Å². The molecule has 80 valence electrons. The minimum absolute atomic E-state index is 0.0502. The molecule has 1 aromatic carbocycles. The molecule has 3 rings (SSSR count). The summed E-state index contributed by atoms with van der Waals surface area (Å²) < 4.78 is 0. The molecule has 0 fully saturated rings. The quantitative estimate of drug-likeness (QED) is 0.709. The van der Waals surface area contributed by atoms with Gasteiger partial charge in [0.05, 0.1) is 0 Å². The fourth-order valence-electron chi connectivity index (χ4n) is 2.45. The van der Waals surface area contributed by atoms with E-state index >= 15 is 0 Å². The molecule has 3 nitrogen and oxygen atoms in total. The second kappa shape index (κ2) is 2.76. The first kappa shape index (κ1) is 9.21. The minimum Gasteiger partial charge on any atom is -0.400 e. The molecule has 16 heavy (non-hydrogen) atoms. The number of benzene rings is 1. The second-order valence-corrected chi connectivity index (χ2v) is 4.28. The third-order valence-electron chi connectivity index (χ3n) is 3.45. The van der Waals surface area contributed by atoms with Gasteiger partial charge in [-0.25, -0.2) is 0 Å². The maximum absolute atomic E-state index is 11.8. The molecule has 0 aliphatic carbocycles. The van der Waals surface area contributed by atoms with Crippen LogP contribution in [0.1, 0.15) is 18.1 Å². The van der Waals surface area contributed by atoms with Crippen LogP contribution in [0.25, 0.3) is 6.08 Å². The lowest BCUT2D eigenvalue weighted by Crippen LogP contribution is -2.43. The summed E-state index contributed by atoms with van der Waals surface area (Å²) in [5.41, 5.74) is 8.29. The van der Waals surface area contributed by atoms with Crippen LogP contribution in [0.4, 0.5) is 0 Å². The zero-order chi connectivity index (χ0) is 11.3. The van der Waals surface area contributed by atoms with Gasteiger partial charge in [-0.15, -0.1) is 0 Å². The van der Waals surface area contributed by atoms with Crippen molar-refractivity contribution < 1.29 is 4.79 Å². The zero-order valence-electron chi connectivity index (χ0n) is 8.97. The summed E-state index contributed by atoms with van der Waals surface area (Å²) in [6.45, 7) is 1.98. The van der Waals surface area contributed by atoms with Gasteiger partial charge in [-0.1, -0.05) is 24.3 Å². The van der Waals surface area contributed by atoms with Crippen LogP contribution < -0.4 is 5.73 Å².